The molecule has 2 aromatic rings. The third kappa shape index (κ3) is 3.80. The molecule has 0 spiro atoms. The second-order valence-electron chi connectivity index (χ2n) is 5.00. The summed E-state index contributed by atoms with van der Waals surface area (Å²) in [6.07, 6.45) is -0.952. The lowest BCUT2D eigenvalue weighted by Crippen LogP contribution is -2.29. The lowest BCUT2D eigenvalue weighted by Gasteiger charge is -2.19. The van der Waals surface area contributed by atoms with Crippen LogP contribution in [0.5, 0.6) is 11.5 Å². The van der Waals surface area contributed by atoms with Crippen molar-refractivity contribution >= 4 is 40.5 Å². The normalized spacial score (nSPS) is 13.9. The number of fused-ring (bicyclic) bond motifs is 1. The van der Waals surface area contributed by atoms with Crippen molar-refractivity contribution in [2.24, 2.45) is 0 Å². The Bertz CT molecular complexity index is 776. The van der Waals surface area contributed by atoms with E-state index in [0.717, 1.165) is 11.3 Å². The van der Waals surface area contributed by atoms with Gasteiger partial charge in [-0.15, -0.1) is 11.3 Å². The van der Waals surface area contributed by atoms with Gasteiger partial charge in [0.05, 0.1) is 4.34 Å². The Hall–Kier alpha value is -2.25. The first-order valence-corrected chi connectivity index (χ1v) is 8.39. The smallest absolute Gasteiger partial charge is 0.349 e. The van der Waals surface area contributed by atoms with Crippen LogP contribution in [-0.4, -0.2) is 31.2 Å². The van der Waals surface area contributed by atoms with Crippen LogP contribution in [0.25, 0.3) is 0 Å². The number of ether oxygens (including phenoxy) is 3. The molecule has 1 aromatic carbocycles. The molecule has 0 aliphatic carbocycles. The van der Waals surface area contributed by atoms with Gasteiger partial charge in [0.1, 0.15) is 18.1 Å². The molecule has 2 heterocycles. The van der Waals surface area contributed by atoms with Gasteiger partial charge in [0.2, 0.25) is 0 Å². The third-order valence-corrected chi connectivity index (χ3v) is 4.45. The zero-order chi connectivity index (χ0) is 17.1. The highest BCUT2D eigenvalue weighted by Crippen LogP contribution is 2.32. The maximum Gasteiger partial charge on any atom is 0.349 e. The number of nitrogens with one attached hydrogen (secondary N) is 1. The predicted octanol–water partition coefficient (Wildman–Crippen LogP) is 3.36. The third-order valence-electron chi connectivity index (χ3n) is 3.24. The van der Waals surface area contributed by atoms with Gasteiger partial charge in [0, 0.05) is 11.8 Å². The number of benzene rings is 1. The second-order valence-corrected chi connectivity index (χ2v) is 6.71. The Morgan fingerprint density at radius 2 is 1.96 bits per heavy atom. The summed E-state index contributed by atoms with van der Waals surface area (Å²) >= 11 is 6.88. The molecule has 0 fully saturated rings. The molecule has 1 N–H and O–H groups in total. The Balaban J connectivity index is 1.60. The van der Waals surface area contributed by atoms with E-state index in [4.69, 9.17) is 25.8 Å². The fraction of sp³-hybridized carbons (Fsp3) is 0.250. The molecule has 0 radical (unpaired) electrons. The van der Waals surface area contributed by atoms with E-state index in [1.807, 2.05) is 0 Å². The van der Waals surface area contributed by atoms with Gasteiger partial charge in [-0.3, -0.25) is 4.79 Å². The van der Waals surface area contributed by atoms with Crippen LogP contribution in [0, 0.1) is 0 Å². The van der Waals surface area contributed by atoms with E-state index in [9.17, 15) is 9.59 Å². The standard InChI is InChI=1S/C16H14ClNO5S/c1-9(23-16(20)13-4-5-14(17)24-13)15(19)18-10-2-3-11-12(8-10)22-7-6-21-11/h2-5,8-9H,6-7H2,1H3,(H,18,19)/t9-/m0/s1. The number of amides is 1. The first kappa shape index (κ1) is 16.6. The molecule has 1 aromatic heterocycles. The molecule has 8 heteroatoms. The highest BCUT2D eigenvalue weighted by atomic mass is 35.5. The largest absolute Gasteiger partial charge is 0.486 e. The molecule has 1 aliphatic heterocycles. The van der Waals surface area contributed by atoms with E-state index < -0.39 is 18.0 Å². The molecule has 0 saturated heterocycles. The van der Waals surface area contributed by atoms with Gasteiger partial charge in [-0.05, 0) is 31.2 Å². The molecule has 1 aliphatic rings. The molecule has 0 saturated carbocycles. The number of esters is 1. The quantitative estimate of drug-likeness (QED) is 0.839. The van der Waals surface area contributed by atoms with Crippen molar-refractivity contribution in [1.29, 1.82) is 0 Å². The Morgan fingerprint density at radius 1 is 1.21 bits per heavy atom. The molecular formula is C16H14ClNO5S. The van der Waals surface area contributed by atoms with Gasteiger partial charge in [-0.25, -0.2) is 4.79 Å². The van der Waals surface area contributed by atoms with Gasteiger partial charge in [0.25, 0.3) is 5.91 Å². The topological polar surface area (TPSA) is 73.9 Å². The fourth-order valence-electron chi connectivity index (χ4n) is 2.06. The number of halogens is 1. The van der Waals surface area contributed by atoms with Crippen molar-refractivity contribution in [2.45, 2.75) is 13.0 Å². The average molecular weight is 368 g/mol. The lowest BCUT2D eigenvalue weighted by molar-refractivity contribution is -0.123. The van der Waals surface area contributed by atoms with Crippen molar-refractivity contribution < 1.29 is 23.8 Å². The van der Waals surface area contributed by atoms with Gasteiger partial charge in [-0.1, -0.05) is 11.6 Å². The van der Waals surface area contributed by atoms with Crippen molar-refractivity contribution in [3.05, 3.63) is 39.5 Å². The lowest BCUT2D eigenvalue weighted by atomic mass is 10.2. The molecule has 3 rings (SSSR count). The number of carbonyl (C=O) groups excluding carboxylic acids is 2. The summed E-state index contributed by atoms with van der Waals surface area (Å²) in [5.41, 5.74) is 0.534. The van der Waals surface area contributed by atoms with Crippen LogP contribution in [0.1, 0.15) is 16.6 Å². The molecule has 1 amide bonds. The zero-order valence-electron chi connectivity index (χ0n) is 12.7. The van der Waals surface area contributed by atoms with Gasteiger partial charge >= 0.3 is 5.97 Å². The van der Waals surface area contributed by atoms with Crippen LogP contribution in [0.15, 0.2) is 30.3 Å². The number of thiophene rings is 1. The van der Waals surface area contributed by atoms with Crippen molar-refractivity contribution in [3.8, 4) is 11.5 Å². The Kier molecular flexibility index (Phi) is 4.92. The molecule has 0 bridgehead atoms. The monoisotopic (exact) mass is 367 g/mol. The first-order chi connectivity index (χ1) is 11.5. The van der Waals surface area contributed by atoms with Crippen molar-refractivity contribution in [2.75, 3.05) is 18.5 Å². The van der Waals surface area contributed by atoms with Crippen LogP contribution >= 0.6 is 22.9 Å². The van der Waals surface area contributed by atoms with Crippen molar-refractivity contribution in [1.82, 2.24) is 0 Å². The maximum absolute atomic E-state index is 12.2. The number of carbonyl (C=O) groups is 2. The molecule has 24 heavy (non-hydrogen) atoms. The minimum Gasteiger partial charge on any atom is -0.486 e. The molecular weight excluding hydrogens is 354 g/mol. The SMILES string of the molecule is C[C@H](OC(=O)c1ccc(Cl)s1)C(=O)Nc1ccc2c(c1)OCCO2. The van der Waals surface area contributed by atoms with Gasteiger partial charge in [-0.2, -0.15) is 0 Å². The van der Waals surface area contributed by atoms with Crippen LogP contribution in [0.2, 0.25) is 4.34 Å². The number of hydrogen-bond donors (Lipinski definition) is 1. The summed E-state index contributed by atoms with van der Waals surface area (Å²) in [5, 5.41) is 2.68. The average Bonchev–Trinajstić information content (AvgIpc) is 3.01. The molecule has 6 nitrogen and oxygen atoms in total. The second kappa shape index (κ2) is 7.11. The highest BCUT2D eigenvalue weighted by Gasteiger charge is 2.21. The molecule has 1 atom stereocenters. The van der Waals surface area contributed by atoms with Crippen molar-refractivity contribution in [3.63, 3.8) is 0 Å². The molecule has 126 valence electrons. The van der Waals surface area contributed by atoms with E-state index >= 15 is 0 Å². The summed E-state index contributed by atoms with van der Waals surface area (Å²) in [7, 11) is 0. The first-order valence-electron chi connectivity index (χ1n) is 7.20. The summed E-state index contributed by atoms with van der Waals surface area (Å²) in [4.78, 5) is 24.4. The van der Waals surface area contributed by atoms with Crippen LogP contribution in [0.3, 0.4) is 0 Å². The Morgan fingerprint density at radius 3 is 2.67 bits per heavy atom. The highest BCUT2D eigenvalue weighted by molar-refractivity contribution is 7.17. The van der Waals surface area contributed by atoms with E-state index in [0.29, 0.717) is 39.6 Å². The minimum absolute atomic E-state index is 0.346. The summed E-state index contributed by atoms with van der Waals surface area (Å²) in [6, 6.07) is 8.23. The number of hydrogen-bond acceptors (Lipinski definition) is 6. The number of rotatable bonds is 4. The van der Waals surface area contributed by atoms with E-state index in [2.05, 4.69) is 5.32 Å². The predicted molar refractivity (Wildman–Crippen MR) is 90.3 cm³/mol. The van der Waals surface area contributed by atoms with E-state index in [1.165, 1.54) is 6.92 Å². The Labute approximate surface area is 147 Å². The van der Waals surface area contributed by atoms with Gasteiger partial charge < -0.3 is 19.5 Å². The molecule has 0 unspecified atom stereocenters. The van der Waals surface area contributed by atoms with E-state index in [-0.39, 0.29) is 0 Å². The van der Waals surface area contributed by atoms with Gasteiger partial charge in [0.15, 0.2) is 17.6 Å². The summed E-state index contributed by atoms with van der Waals surface area (Å²) < 4.78 is 16.5. The van der Waals surface area contributed by atoms with Crippen LogP contribution in [-0.2, 0) is 9.53 Å². The maximum atomic E-state index is 12.2. The summed E-state index contributed by atoms with van der Waals surface area (Å²) in [6.45, 7) is 2.46. The number of anilines is 1. The van der Waals surface area contributed by atoms with E-state index in [1.54, 1.807) is 30.3 Å². The summed E-state index contributed by atoms with van der Waals surface area (Å²) in [5.74, 6) is 0.171. The minimum atomic E-state index is -0.952. The fourth-order valence-corrected chi connectivity index (χ4v) is 2.99. The van der Waals surface area contributed by atoms with Crippen LogP contribution in [0.4, 0.5) is 5.69 Å². The van der Waals surface area contributed by atoms with Crippen LogP contribution < -0.4 is 14.8 Å². The zero-order valence-corrected chi connectivity index (χ0v) is 14.3.